The normalized spacial score (nSPS) is 15.4. The Hall–Kier alpha value is -2.65. The average Bonchev–Trinajstić information content (AvgIpc) is 2.97. The van der Waals surface area contributed by atoms with Crippen LogP contribution >= 0.6 is 24.8 Å². The lowest BCUT2D eigenvalue weighted by molar-refractivity contribution is 0.284. The highest BCUT2D eigenvalue weighted by atomic mass is 35.5. The van der Waals surface area contributed by atoms with Crippen LogP contribution in [0.25, 0.3) is 23.8 Å². The van der Waals surface area contributed by atoms with E-state index in [9.17, 15) is 0 Å². The summed E-state index contributed by atoms with van der Waals surface area (Å²) in [6, 6.07) is 23.7. The molecule has 0 atom stereocenters. The van der Waals surface area contributed by atoms with E-state index in [0.717, 1.165) is 38.2 Å². The van der Waals surface area contributed by atoms with Gasteiger partial charge in [-0.15, -0.1) is 24.8 Å². The van der Waals surface area contributed by atoms with Gasteiger partial charge in [0.25, 0.3) is 0 Å². The van der Waals surface area contributed by atoms with Crippen molar-refractivity contribution in [2.24, 2.45) is 0 Å². The molecule has 1 aliphatic heterocycles. The third-order valence-corrected chi connectivity index (χ3v) is 6.06. The molecule has 0 amide bonds. The fourth-order valence-electron chi connectivity index (χ4n) is 4.50. The summed E-state index contributed by atoms with van der Waals surface area (Å²) in [7, 11) is 0. The van der Waals surface area contributed by atoms with E-state index in [4.69, 9.17) is 0 Å². The fourth-order valence-corrected chi connectivity index (χ4v) is 4.50. The first-order chi connectivity index (χ1) is 14.9. The highest BCUT2D eigenvalue weighted by Crippen LogP contribution is 2.38. The molecule has 1 fully saturated rings. The van der Waals surface area contributed by atoms with Crippen molar-refractivity contribution in [3.8, 4) is 0 Å². The zero-order valence-corrected chi connectivity index (χ0v) is 19.6. The lowest BCUT2D eigenvalue weighted by atomic mass is 9.86. The second-order valence-corrected chi connectivity index (χ2v) is 7.94. The molecule has 1 saturated heterocycles. The van der Waals surface area contributed by atoms with Crippen molar-refractivity contribution < 1.29 is 0 Å². The van der Waals surface area contributed by atoms with Gasteiger partial charge in [0.15, 0.2) is 0 Å². The summed E-state index contributed by atoms with van der Waals surface area (Å²) in [5, 5.41) is 0. The zero-order valence-electron chi connectivity index (χ0n) is 18.0. The van der Waals surface area contributed by atoms with E-state index in [0.29, 0.717) is 0 Å². The second kappa shape index (κ2) is 11.3. The molecule has 0 bridgehead atoms. The third kappa shape index (κ3) is 5.21. The molecule has 0 N–H and O–H groups in total. The van der Waals surface area contributed by atoms with Crippen LogP contribution in [0.15, 0.2) is 84.6 Å². The van der Waals surface area contributed by atoms with Gasteiger partial charge in [-0.2, -0.15) is 0 Å². The molecule has 0 spiro atoms. The Morgan fingerprint density at radius 2 is 1.34 bits per heavy atom. The molecule has 4 heteroatoms. The molecule has 5 rings (SSSR count). The van der Waals surface area contributed by atoms with Crippen molar-refractivity contribution in [3.63, 3.8) is 0 Å². The maximum Gasteiger partial charge on any atom is 0.0626 e. The van der Waals surface area contributed by atoms with Crippen LogP contribution < -0.4 is 0 Å². The minimum Gasteiger partial charge on any atom is -0.299 e. The van der Waals surface area contributed by atoms with Gasteiger partial charge in [0, 0.05) is 25.8 Å². The molecule has 32 heavy (non-hydrogen) atoms. The van der Waals surface area contributed by atoms with Crippen LogP contribution in [0, 0.1) is 0 Å². The molecule has 2 aromatic carbocycles. The summed E-state index contributed by atoms with van der Waals surface area (Å²) in [5.41, 5.74) is 9.44. The minimum absolute atomic E-state index is 0. The summed E-state index contributed by atoms with van der Waals surface area (Å²) >= 11 is 0. The number of likely N-dealkylation sites (tertiary alicyclic amines) is 1. The lowest BCUT2D eigenvalue weighted by Gasteiger charge is -2.29. The number of aromatic nitrogens is 1. The van der Waals surface area contributed by atoms with Crippen LogP contribution in [0.5, 0.6) is 0 Å². The molecule has 2 heterocycles. The van der Waals surface area contributed by atoms with Crippen molar-refractivity contribution in [3.05, 3.63) is 113 Å². The lowest BCUT2D eigenvalue weighted by Crippen LogP contribution is -2.31. The topological polar surface area (TPSA) is 16.1 Å². The Balaban J connectivity index is 0.00000144. The van der Waals surface area contributed by atoms with Crippen LogP contribution in [0.3, 0.4) is 0 Å². The SMILES string of the molecule is C(=Cc1ccccn1)CN1CCC(=C2c3ccccc3C=Cc3ccccc32)CC1.Cl.Cl. The van der Waals surface area contributed by atoms with Gasteiger partial charge in [-0.25, -0.2) is 0 Å². The Morgan fingerprint density at radius 1 is 0.750 bits per heavy atom. The first-order valence-corrected chi connectivity index (χ1v) is 10.8. The molecule has 1 aliphatic carbocycles. The molecule has 2 aliphatic rings. The van der Waals surface area contributed by atoms with E-state index in [1.165, 1.54) is 27.8 Å². The number of nitrogens with zero attached hydrogens (tertiary/aromatic N) is 2. The molecule has 164 valence electrons. The third-order valence-electron chi connectivity index (χ3n) is 6.06. The fraction of sp³-hybridized carbons (Fsp3) is 0.179. The van der Waals surface area contributed by atoms with Gasteiger partial charge in [0.2, 0.25) is 0 Å². The standard InChI is InChI=1S/C28H26N2.2ClH/c1-3-12-26-22(8-1)14-15-23-9-2-4-13-27(23)28(26)24-16-20-30(21-17-24)19-7-11-25-10-5-6-18-29-25;;/h1-15,18H,16-17,19-21H2;2*1H. The van der Waals surface area contributed by atoms with Crippen LogP contribution in [-0.4, -0.2) is 29.5 Å². The van der Waals surface area contributed by atoms with Crippen LogP contribution in [0.4, 0.5) is 0 Å². The molecule has 2 nitrogen and oxygen atoms in total. The summed E-state index contributed by atoms with van der Waals surface area (Å²) in [4.78, 5) is 6.91. The molecule has 1 aromatic heterocycles. The Kier molecular flexibility index (Phi) is 8.46. The number of piperidine rings is 1. The number of benzene rings is 2. The zero-order chi connectivity index (χ0) is 20.2. The quantitative estimate of drug-likeness (QED) is 0.325. The van der Waals surface area contributed by atoms with Crippen molar-refractivity contribution in [1.29, 1.82) is 0 Å². The van der Waals surface area contributed by atoms with E-state index in [2.05, 4.69) is 82.7 Å². The molecule has 3 aromatic rings. The minimum atomic E-state index is 0. The number of rotatable bonds is 3. The van der Waals surface area contributed by atoms with Gasteiger partial charge in [0.05, 0.1) is 5.69 Å². The van der Waals surface area contributed by atoms with Crippen molar-refractivity contribution in [2.45, 2.75) is 12.8 Å². The van der Waals surface area contributed by atoms with Crippen LogP contribution in [-0.2, 0) is 0 Å². The predicted molar refractivity (Wildman–Crippen MR) is 141 cm³/mol. The maximum absolute atomic E-state index is 4.37. The largest absolute Gasteiger partial charge is 0.299 e. The van der Waals surface area contributed by atoms with Gasteiger partial charge in [-0.3, -0.25) is 9.88 Å². The Morgan fingerprint density at radius 3 is 1.94 bits per heavy atom. The van der Waals surface area contributed by atoms with Crippen molar-refractivity contribution in [1.82, 2.24) is 9.88 Å². The van der Waals surface area contributed by atoms with E-state index < -0.39 is 0 Å². The number of hydrogen-bond acceptors (Lipinski definition) is 2. The van der Waals surface area contributed by atoms with Gasteiger partial charge in [-0.05, 0) is 58.9 Å². The van der Waals surface area contributed by atoms with Gasteiger partial charge >= 0.3 is 0 Å². The first-order valence-electron chi connectivity index (χ1n) is 10.8. The summed E-state index contributed by atoms with van der Waals surface area (Å²) in [6.45, 7) is 3.18. The maximum atomic E-state index is 4.37. The molecule has 0 saturated carbocycles. The predicted octanol–water partition coefficient (Wildman–Crippen LogP) is 7.02. The van der Waals surface area contributed by atoms with E-state index >= 15 is 0 Å². The van der Waals surface area contributed by atoms with E-state index in [1.54, 1.807) is 5.57 Å². The van der Waals surface area contributed by atoms with Crippen molar-refractivity contribution >= 4 is 48.6 Å². The average molecular weight is 463 g/mol. The molecular weight excluding hydrogens is 435 g/mol. The number of pyridine rings is 1. The monoisotopic (exact) mass is 462 g/mol. The van der Waals surface area contributed by atoms with Crippen molar-refractivity contribution in [2.75, 3.05) is 19.6 Å². The van der Waals surface area contributed by atoms with Crippen LogP contribution in [0.1, 0.15) is 40.8 Å². The highest BCUT2D eigenvalue weighted by molar-refractivity contribution is 5.94. The number of fused-ring (bicyclic) bond motifs is 2. The van der Waals surface area contributed by atoms with Crippen LogP contribution in [0.2, 0.25) is 0 Å². The van der Waals surface area contributed by atoms with Gasteiger partial charge < -0.3 is 0 Å². The molecule has 0 unspecified atom stereocenters. The number of hydrogen-bond donors (Lipinski definition) is 0. The molecular formula is C28H28Cl2N2. The number of halogens is 2. The van der Waals surface area contributed by atoms with Gasteiger partial charge in [-0.1, -0.05) is 78.4 Å². The summed E-state index contributed by atoms with van der Waals surface area (Å²) in [5.74, 6) is 0. The van der Waals surface area contributed by atoms with E-state index in [1.807, 2.05) is 24.4 Å². The smallest absolute Gasteiger partial charge is 0.0626 e. The van der Waals surface area contributed by atoms with Gasteiger partial charge in [0.1, 0.15) is 0 Å². The summed E-state index contributed by atoms with van der Waals surface area (Å²) in [6.07, 6.45) is 13.0. The Labute approximate surface area is 203 Å². The molecule has 0 radical (unpaired) electrons. The first kappa shape index (κ1) is 24.0. The Bertz CT molecular complexity index is 1070. The highest BCUT2D eigenvalue weighted by Gasteiger charge is 2.21. The van der Waals surface area contributed by atoms with E-state index in [-0.39, 0.29) is 24.8 Å². The summed E-state index contributed by atoms with van der Waals surface area (Å²) < 4.78 is 0. The second-order valence-electron chi connectivity index (χ2n) is 7.94.